The Morgan fingerprint density at radius 3 is 2.59 bits per heavy atom. The number of hydrogen-bond donors (Lipinski definition) is 3. The molecule has 4 N–H and O–H groups in total. The Hall–Kier alpha value is -2.97. The number of anilines is 2. The minimum atomic E-state index is -4.44. The first-order valence-corrected chi connectivity index (χ1v) is 11.2. The second kappa shape index (κ2) is 9.00. The molecule has 2 atom stereocenters. The number of amidine groups is 1. The Bertz CT molecular complexity index is 1050. The molecule has 2 aromatic heterocycles. The van der Waals surface area contributed by atoms with Gasteiger partial charge in [0.15, 0.2) is 5.82 Å². The van der Waals surface area contributed by atoms with Gasteiger partial charge in [-0.15, -0.1) is 0 Å². The summed E-state index contributed by atoms with van der Waals surface area (Å²) in [6.45, 7) is 4.83. The number of halogens is 3. The zero-order valence-electron chi connectivity index (χ0n) is 18.7. The Morgan fingerprint density at radius 1 is 1.18 bits per heavy atom. The van der Waals surface area contributed by atoms with Crippen LogP contribution < -0.4 is 21.3 Å². The number of aliphatic imine (C=N–C) groups is 1. The van der Waals surface area contributed by atoms with E-state index < -0.39 is 18.9 Å². The van der Waals surface area contributed by atoms with Gasteiger partial charge in [-0.2, -0.15) is 13.2 Å². The van der Waals surface area contributed by atoms with E-state index in [1.165, 1.54) is 17.0 Å². The molecule has 0 saturated carbocycles. The van der Waals surface area contributed by atoms with E-state index in [1.807, 2.05) is 11.8 Å². The number of nitrogens with zero attached hydrogens (tertiary/aromatic N) is 7. The third kappa shape index (κ3) is 4.65. The summed E-state index contributed by atoms with van der Waals surface area (Å²) < 4.78 is 47.8. The molecule has 1 unspecified atom stereocenters. The number of piperazine rings is 1. The number of hydrogen-bond acceptors (Lipinski definition) is 10. The maximum absolute atomic E-state index is 13.7. The monoisotopic (exact) mass is 480 g/mol. The molecule has 3 aliphatic heterocycles. The molecule has 14 heteroatoms. The fraction of sp³-hybridized carbons (Fsp3) is 0.600. The lowest BCUT2D eigenvalue weighted by atomic mass is 10.2. The predicted octanol–water partition coefficient (Wildman–Crippen LogP) is 0.628. The summed E-state index contributed by atoms with van der Waals surface area (Å²) in [5.74, 6) is 0.921. The summed E-state index contributed by atoms with van der Waals surface area (Å²) in [4.78, 5) is 21.4. The molecule has 0 bridgehead atoms. The molecule has 0 aromatic carbocycles. The van der Waals surface area contributed by atoms with Crippen LogP contribution in [-0.2, 0) is 11.3 Å². The van der Waals surface area contributed by atoms with E-state index in [9.17, 15) is 13.2 Å². The summed E-state index contributed by atoms with van der Waals surface area (Å²) in [5, 5.41) is 6.66. The van der Waals surface area contributed by atoms with Crippen LogP contribution in [0, 0.1) is 0 Å². The van der Waals surface area contributed by atoms with Crippen molar-refractivity contribution in [3.05, 3.63) is 23.7 Å². The average molecular weight is 480 g/mol. The van der Waals surface area contributed by atoms with E-state index in [-0.39, 0.29) is 23.8 Å². The third-order valence-electron chi connectivity index (χ3n) is 6.04. The quantitative estimate of drug-likeness (QED) is 0.578. The number of fused-ring (bicyclic) bond motifs is 1. The Kier molecular flexibility index (Phi) is 6.04. The first kappa shape index (κ1) is 22.8. The highest BCUT2D eigenvalue weighted by molar-refractivity contribution is 6.01. The fourth-order valence-electron chi connectivity index (χ4n) is 4.48. The van der Waals surface area contributed by atoms with E-state index in [0.717, 1.165) is 0 Å². The lowest BCUT2D eigenvalue weighted by Crippen LogP contribution is -2.50. The van der Waals surface area contributed by atoms with Crippen molar-refractivity contribution < 1.29 is 17.9 Å². The van der Waals surface area contributed by atoms with Crippen molar-refractivity contribution in [1.29, 1.82) is 0 Å². The molecule has 11 nitrogen and oxygen atoms in total. The second-order valence-corrected chi connectivity index (χ2v) is 8.61. The minimum Gasteiger partial charge on any atom is -0.379 e. The number of ether oxygens (including phenoxy) is 1. The molecule has 184 valence electrons. The lowest BCUT2D eigenvalue weighted by molar-refractivity contribution is -0.140. The molecule has 0 spiro atoms. The van der Waals surface area contributed by atoms with Crippen LogP contribution >= 0.6 is 0 Å². The Balaban J connectivity index is 1.63. The molecule has 2 fully saturated rings. The third-order valence-corrected chi connectivity index (χ3v) is 6.04. The molecule has 5 rings (SSSR count). The Labute approximate surface area is 194 Å². The van der Waals surface area contributed by atoms with Gasteiger partial charge < -0.3 is 26.0 Å². The summed E-state index contributed by atoms with van der Waals surface area (Å²) in [5.41, 5.74) is 6.60. The van der Waals surface area contributed by atoms with Crippen molar-refractivity contribution in [2.45, 2.75) is 31.9 Å². The van der Waals surface area contributed by atoms with E-state index >= 15 is 0 Å². The van der Waals surface area contributed by atoms with Gasteiger partial charge in [-0.05, 0) is 6.92 Å². The van der Waals surface area contributed by atoms with Crippen molar-refractivity contribution in [2.75, 3.05) is 56.6 Å². The van der Waals surface area contributed by atoms with Gasteiger partial charge in [-0.3, -0.25) is 9.47 Å². The van der Waals surface area contributed by atoms with Crippen LogP contribution in [0.25, 0.3) is 0 Å². The van der Waals surface area contributed by atoms with Crippen LogP contribution in [0.1, 0.15) is 24.3 Å². The summed E-state index contributed by atoms with van der Waals surface area (Å²) in [6.07, 6.45) is -1.92. The SMILES string of the molecule is C[C@H]1CN(c2nc3c(n2CC(F)(F)F)N=C(c2cnc(N)nc2)NC3N2CCOCC2)CCN1. The topological polar surface area (TPSA) is 122 Å². The smallest absolute Gasteiger partial charge is 0.379 e. The molecular weight excluding hydrogens is 453 g/mol. The molecule has 3 aliphatic rings. The standard InChI is InChI=1S/C20H27F3N10O/c1-12-10-32(3-2-25-12)19-28-14-16(31-4-6-34-7-5-31)29-15(13-8-26-18(24)27-9-13)30-17(14)33(19)11-20(21,22)23/h8-9,12,16,25H,2-7,10-11H2,1H3,(H,29,30)(H2,24,26,27)/t12-,16?/m0/s1. The highest BCUT2D eigenvalue weighted by Gasteiger charge is 2.39. The van der Waals surface area contributed by atoms with Crippen LogP contribution in [0.4, 0.5) is 30.9 Å². The molecular formula is C20H27F3N10O. The number of morpholine rings is 1. The van der Waals surface area contributed by atoms with Gasteiger partial charge in [0.2, 0.25) is 11.9 Å². The van der Waals surface area contributed by atoms with Crippen LogP contribution in [0.5, 0.6) is 0 Å². The normalized spacial score (nSPS) is 23.9. The molecule has 34 heavy (non-hydrogen) atoms. The zero-order chi connectivity index (χ0) is 23.9. The number of nitrogen functional groups attached to an aromatic ring is 1. The van der Waals surface area contributed by atoms with Gasteiger partial charge in [-0.1, -0.05) is 0 Å². The van der Waals surface area contributed by atoms with Gasteiger partial charge in [0.1, 0.15) is 24.2 Å². The molecule has 2 aromatic rings. The predicted molar refractivity (Wildman–Crippen MR) is 119 cm³/mol. The van der Waals surface area contributed by atoms with Crippen LogP contribution in [-0.4, -0.2) is 88.4 Å². The van der Waals surface area contributed by atoms with Gasteiger partial charge in [0.05, 0.1) is 18.8 Å². The molecule has 0 aliphatic carbocycles. The number of nitrogens with one attached hydrogen (secondary N) is 2. The van der Waals surface area contributed by atoms with Gasteiger partial charge in [0, 0.05) is 51.2 Å². The van der Waals surface area contributed by atoms with Gasteiger partial charge in [0.25, 0.3) is 0 Å². The molecule has 5 heterocycles. The van der Waals surface area contributed by atoms with Crippen molar-refractivity contribution in [2.24, 2.45) is 4.99 Å². The van der Waals surface area contributed by atoms with E-state index in [1.54, 1.807) is 0 Å². The van der Waals surface area contributed by atoms with Crippen LogP contribution in [0.3, 0.4) is 0 Å². The van der Waals surface area contributed by atoms with Gasteiger partial charge >= 0.3 is 6.18 Å². The molecule has 2 saturated heterocycles. The zero-order valence-corrected chi connectivity index (χ0v) is 18.7. The lowest BCUT2D eigenvalue weighted by Gasteiger charge is -2.36. The maximum Gasteiger partial charge on any atom is 0.406 e. The number of imidazole rings is 1. The minimum absolute atomic E-state index is 0.0998. The summed E-state index contributed by atoms with van der Waals surface area (Å²) in [6, 6.07) is 0.126. The van der Waals surface area contributed by atoms with Crippen LogP contribution in [0.15, 0.2) is 17.4 Å². The summed E-state index contributed by atoms with van der Waals surface area (Å²) >= 11 is 0. The van der Waals surface area contributed by atoms with E-state index in [0.29, 0.717) is 63.0 Å². The highest BCUT2D eigenvalue weighted by Crippen LogP contribution is 2.38. The fourth-order valence-corrected chi connectivity index (χ4v) is 4.48. The van der Waals surface area contributed by atoms with E-state index in [2.05, 4.69) is 30.5 Å². The van der Waals surface area contributed by atoms with Crippen molar-refractivity contribution in [3.63, 3.8) is 0 Å². The van der Waals surface area contributed by atoms with Gasteiger partial charge in [-0.25, -0.2) is 19.9 Å². The van der Waals surface area contributed by atoms with Crippen molar-refractivity contribution in [3.8, 4) is 0 Å². The molecule has 0 amide bonds. The van der Waals surface area contributed by atoms with Crippen molar-refractivity contribution in [1.82, 2.24) is 35.1 Å². The number of nitrogens with two attached hydrogens (primary N) is 1. The maximum atomic E-state index is 13.7. The highest BCUT2D eigenvalue weighted by atomic mass is 19.4. The number of alkyl halides is 3. The summed E-state index contributed by atoms with van der Waals surface area (Å²) in [7, 11) is 0. The van der Waals surface area contributed by atoms with Crippen molar-refractivity contribution >= 4 is 23.6 Å². The van der Waals surface area contributed by atoms with E-state index in [4.69, 9.17) is 15.5 Å². The van der Waals surface area contributed by atoms with Crippen LogP contribution in [0.2, 0.25) is 0 Å². The largest absolute Gasteiger partial charge is 0.406 e. The average Bonchev–Trinajstić information content (AvgIpc) is 3.16. The Morgan fingerprint density at radius 2 is 1.91 bits per heavy atom. The first-order valence-electron chi connectivity index (χ1n) is 11.2. The number of rotatable bonds is 4. The number of aromatic nitrogens is 4. The molecule has 0 radical (unpaired) electrons. The second-order valence-electron chi connectivity index (χ2n) is 8.61. The first-order chi connectivity index (χ1) is 16.3.